The van der Waals surface area contributed by atoms with Crippen LogP contribution < -0.4 is 11.1 Å². The van der Waals surface area contributed by atoms with E-state index in [-0.39, 0.29) is 22.9 Å². The number of pyridine rings is 1. The van der Waals surface area contributed by atoms with E-state index in [1.54, 1.807) is 13.1 Å². The van der Waals surface area contributed by atoms with Gasteiger partial charge >= 0.3 is 6.09 Å². The number of hydrogen-bond donors (Lipinski definition) is 2. The smallest absolute Gasteiger partial charge is 0.413 e. The average Bonchev–Trinajstić information content (AvgIpc) is 2.96. The summed E-state index contributed by atoms with van der Waals surface area (Å²) >= 11 is 0. The van der Waals surface area contributed by atoms with Crippen LogP contribution in [0, 0.1) is 5.95 Å². The number of amides is 1. The Morgan fingerprint density at radius 1 is 1.35 bits per heavy atom. The molecule has 3 N–H and O–H groups in total. The van der Waals surface area contributed by atoms with Crippen LogP contribution in [0.25, 0.3) is 11.4 Å². The summed E-state index contributed by atoms with van der Waals surface area (Å²) < 4.78 is 20.2. The molecule has 1 atom stereocenters. The minimum Gasteiger partial charge on any atom is -0.441 e. The zero-order valence-electron chi connectivity index (χ0n) is 13.9. The molecule has 11 heteroatoms. The number of anilines is 2. The van der Waals surface area contributed by atoms with Crippen molar-refractivity contribution >= 4 is 17.7 Å². The second-order valence-corrected chi connectivity index (χ2v) is 5.29. The van der Waals surface area contributed by atoms with E-state index >= 15 is 0 Å². The number of aromatic nitrogens is 6. The summed E-state index contributed by atoms with van der Waals surface area (Å²) in [6.45, 7) is 1.54. The molecule has 0 aliphatic carbocycles. The van der Waals surface area contributed by atoms with Gasteiger partial charge in [0.1, 0.15) is 17.6 Å². The van der Waals surface area contributed by atoms with E-state index in [0.29, 0.717) is 5.69 Å². The first kappa shape index (κ1) is 17.2. The molecule has 0 bridgehead atoms. The molecule has 10 nitrogen and oxygen atoms in total. The number of halogens is 1. The number of nitrogens with zero attached hydrogens (tertiary/aromatic N) is 6. The number of carbonyl (C=O) groups is 1. The molecule has 0 aliphatic heterocycles. The number of rotatable bonds is 4. The first-order valence-corrected chi connectivity index (χ1v) is 7.51. The predicted molar refractivity (Wildman–Crippen MR) is 89.2 cm³/mol. The fourth-order valence-corrected chi connectivity index (χ4v) is 2.18. The van der Waals surface area contributed by atoms with Crippen LogP contribution in [-0.4, -0.2) is 36.0 Å². The molecule has 0 fully saturated rings. The lowest BCUT2D eigenvalue weighted by Crippen LogP contribution is -2.19. The number of nitrogens with two attached hydrogens (primary N) is 1. The van der Waals surface area contributed by atoms with Gasteiger partial charge in [-0.3, -0.25) is 5.32 Å². The largest absolute Gasteiger partial charge is 0.441 e. The van der Waals surface area contributed by atoms with Crippen molar-refractivity contribution in [2.75, 3.05) is 11.1 Å². The predicted octanol–water partition coefficient (Wildman–Crippen LogP) is 1.70. The second kappa shape index (κ2) is 7.09. The number of aryl methyl sites for hydroxylation is 1. The fourth-order valence-electron chi connectivity index (χ4n) is 2.18. The fraction of sp³-hybridized carbons (Fsp3) is 0.200. The first-order chi connectivity index (χ1) is 12.5. The molecular weight excluding hydrogens is 343 g/mol. The quantitative estimate of drug-likeness (QED) is 0.673. The van der Waals surface area contributed by atoms with Crippen LogP contribution in [0.2, 0.25) is 0 Å². The number of nitrogen functional groups attached to an aromatic ring is 1. The topological polar surface area (TPSA) is 134 Å². The maximum absolute atomic E-state index is 13.7. The molecule has 0 aromatic carbocycles. The van der Waals surface area contributed by atoms with Crippen LogP contribution in [0.3, 0.4) is 0 Å². The maximum Gasteiger partial charge on any atom is 0.413 e. The molecule has 0 aliphatic rings. The third-order valence-corrected chi connectivity index (χ3v) is 3.47. The average molecular weight is 358 g/mol. The van der Waals surface area contributed by atoms with Crippen molar-refractivity contribution in [2.45, 2.75) is 13.0 Å². The van der Waals surface area contributed by atoms with Crippen molar-refractivity contribution in [3.05, 3.63) is 42.2 Å². The SMILES string of the molecule is C[C@@H](OC(=O)Nc1c(-c2cnc(N)cn2)nnn1C)c1cccnc1F. The van der Waals surface area contributed by atoms with Crippen LogP contribution in [0.15, 0.2) is 30.7 Å². The highest BCUT2D eigenvalue weighted by atomic mass is 19.1. The van der Waals surface area contributed by atoms with E-state index in [1.165, 1.54) is 36.3 Å². The summed E-state index contributed by atoms with van der Waals surface area (Å²) in [4.78, 5) is 23.7. The molecule has 134 valence electrons. The number of nitrogens with one attached hydrogen (secondary N) is 1. The number of carbonyl (C=O) groups excluding carboxylic acids is 1. The van der Waals surface area contributed by atoms with Crippen molar-refractivity contribution < 1.29 is 13.9 Å². The summed E-state index contributed by atoms with van der Waals surface area (Å²) in [5.74, 6) is -0.209. The van der Waals surface area contributed by atoms with Crippen LogP contribution in [0.4, 0.5) is 20.8 Å². The van der Waals surface area contributed by atoms with Gasteiger partial charge in [0.2, 0.25) is 5.95 Å². The molecule has 3 rings (SSSR count). The lowest BCUT2D eigenvalue weighted by atomic mass is 10.2. The van der Waals surface area contributed by atoms with Crippen LogP contribution >= 0.6 is 0 Å². The van der Waals surface area contributed by atoms with Crippen LogP contribution in [0.5, 0.6) is 0 Å². The highest BCUT2D eigenvalue weighted by molar-refractivity contribution is 5.88. The zero-order valence-corrected chi connectivity index (χ0v) is 13.9. The molecule has 3 heterocycles. The lowest BCUT2D eigenvalue weighted by Gasteiger charge is -2.14. The highest BCUT2D eigenvalue weighted by Crippen LogP contribution is 2.24. The molecule has 0 saturated heterocycles. The molecule has 0 saturated carbocycles. The van der Waals surface area contributed by atoms with Gasteiger partial charge in [-0.15, -0.1) is 5.10 Å². The number of hydrogen-bond acceptors (Lipinski definition) is 8. The summed E-state index contributed by atoms with van der Waals surface area (Å²) in [6, 6.07) is 3.04. The van der Waals surface area contributed by atoms with Gasteiger partial charge < -0.3 is 10.5 Å². The van der Waals surface area contributed by atoms with E-state index in [9.17, 15) is 9.18 Å². The van der Waals surface area contributed by atoms with Gasteiger partial charge in [0, 0.05) is 18.8 Å². The summed E-state index contributed by atoms with van der Waals surface area (Å²) in [7, 11) is 1.58. The highest BCUT2D eigenvalue weighted by Gasteiger charge is 2.20. The van der Waals surface area contributed by atoms with Crippen molar-refractivity contribution in [2.24, 2.45) is 7.05 Å². The minimum absolute atomic E-state index is 0.162. The van der Waals surface area contributed by atoms with E-state index < -0.39 is 18.1 Å². The van der Waals surface area contributed by atoms with Crippen molar-refractivity contribution in [3.8, 4) is 11.4 Å². The Hall–Kier alpha value is -3.63. The third kappa shape index (κ3) is 3.55. The van der Waals surface area contributed by atoms with Gasteiger partial charge in [0.25, 0.3) is 0 Å². The Morgan fingerprint density at radius 3 is 2.85 bits per heavy atom. The summed E-state index contributed by atoms with van der Waals surface area (Å²) in [6.07, 6.45) is 2.43. The molecule has 3 aromatic heterocycles. The van der Waals surface area contributed by atoms with E-state index in [4.69, 9.17) is 10.5 Å². The van der Waals surface area contributed by atoms with Gasteiger partial charge in [-0.25, -0.2) is 24.4 Å². The van der Waals surface area contributed by atoms with Gasteiger partial charge in [-0.1, -0.05) is 5.21 Å². The molecule has 26 heavy (non-hydrogen) atoms. The molecule has 1 amide bonds. The van der Waals surface area contributed by atoms with E-state index in [1.807, 2.05) is 0 Å². The van der Waals surface area contributed by atoms with Gasteiger partial charge in [0.15, 0.2) is 11.5 Å². The van der Waals surface area contributed by atoms with Crippen molar-refractivity contribution in [3.63, 3.8) is 0 Å². The lowest BCUT2D eigenvalue weighted by molar-refractivity contribution is 0.118. The molecule has 0 unspecified atom stereocenters. The van der Waals surface area contributed by atoms with Crippen LogP contribution in [0.1, 0.15) is 18.6 Å². The van der Waals surface area contributed by atoms with Crippen molar-refractivity contribution in [1.82, 2.24) is 29.9 Å². The maximum atomic E-state index is 13.7. The summed E-state index contributed by atoms with van der Waals surface area (Å²) in [5, 5.41) is 10.3. The molecule has 3 aromatic rings. The molecular formula is C15H15FN8O2. The Labute approximate surface area is 147 Å². The second-order valence-electron chi connectivity index (χ2n) is 5.29. The molecule has 0 radical (unpaired) electrons. The Morgan fingerprint density at radius 2 is 2.15 bits per heavy atom. The standard InChI is InChI=1S/C15H15FN8O2/c1-8(9-4-3-5-18-13(9)16)26-15(25)21-14-12(22-23-24(14)2)10-6-20-11(17)7-19-10/h3-8H,1-2H3,(H2,17,20)(H,21,25)/t8-/m1/s1. The summed E-state index contributed by atoms with van der Waals surface area (Å²) in [5.41, 5.74) is 6.33. The van der Waals surface area contributed by atoms with Gasteiger partial charge in [-0.05, 0) is 19.1 Å². The zero-order chi connectivity index (χ0) is 18.7. The molecule has 0 spiro atoms. The Kier molecular flexibility index (Phi) is 4.69. The Balaban J connectivity index is 1.77. The van der Waals surface area contributed by atoms with Crippen LogP contribution in [-0.2, 0) is 11.8 Å². The van der Waals surface area contributed by atoms with Gasteiger partial charge in [-0.2, -0.15) is 4.39 Å². The first-order valence-electron chi connectivity index (χ1n) is 7.51. The van der Waals surface area contributed by atoms with Crippen molar-refractivity contribution in [1.29, 1.82) is 0 Å². The van der Waals surface area contributed by atoms with E-state index in [2.05, 4.69) is 30.6 Å². The monoisotopic (exact) mass is 358 g/mol. The van der Waals surface area contributed by atoms with Gasteiger partial charge in [0.05, 0.1) is 12.4 Å². The normalized spacial score (nSPS) is 11.8. The third-order valence-electron chi connectivity index (χ3n) is 3.47. The van der Waals surface area contributed by atoms with E-state index in [0.717, 1.165) is 0 Å². The Bertz CT molecular complexity index is 928. The number of ether oxygens (including phenoxy) is 1. The minimum atomic E-state index is -0.843.